The van der Waals surface area contributed by atoms with Gasteiger partial charge in [-0.2, -0.15) is 0 Å². The molecule has 0 aliphatic heterocycles. The first kappa shape index (κ1) is 19.2. The van der Waals surface area contributed by atoms with Gasteiger partial charge in [0.15, 0.2) is 0 Å². The summed E-state index contributed by atoms with van der Waals surface area (Å²) in [5.41, 5.74) is 2.71. The number of oxime groups is 2. The van der Waals surface area contributed by atoms with Gasteiger partial charge in [0.2, 0.25) is 0 Å². The molecule has 0 aliphatic rings. The average molecular weight is 318 g/mol. The van der Waals surface area contributed by atoms with Crippen LogP contribution in [0, 0.1) is 6.92 Å². The molecule has 0 radical (unpaired) electrons. The average Bonchev–Trinajstić information content (AvgIpc) is 2.57. The molecule has 2 N–H and O–H groups in total. The molecule has 4 nitrogen and oxygen atoms in total. The molecule has 0 atom stereocenters. The Morgan fingerprint density at radius 1 is 0.826 bits per heavy atom. The third kappa shape index (κ3) is 7.31. The molecule has 0 amide bonds. The summed E-state index contributed by atoms with van der Waals surface area (Å²) in [6.45, 7) is 4.23. The lowest BCUT2D eigenvalue weighted by Crippen LogP contribution is -2.16. The Labute approximate surface area is 139 Å². The molecule has 0 aliphatic carbocycles. The second kappa shape index (κ2) is 11.7. The van der Waals surface area contributed by atoms with E-state index in [0.29, 0.717) is 17.8 Å². The van der Waals surface area contributed by atoms with Crippen LogP contribution in [-0.2, 0) is 0 Å². The molecule has 0 unspecified atom stereocenters. The summed E-state index contributed by atoms with van der Waals surface area (Å²) in [7, 11) is 0. The highest BCUT2D eigenvalue weighted by Gasteiger charge is 2.13. The predicted molar refractivity (Wildman–Crippen MR) is 96.0 cm³/mol. The minimum absolute atomic E-state index is 0.357. The third-order valence-electron chi connectivity index (χ3n) is 4.09. The molecule has 0 fully saturated rings. The molecule has 23 heavy (non-hydrogen) atoms. The molecular weight excluding hydrogens is 288 g/mol. The maximum absolute atomic E-state index is 9.27. The van der Waals surface area contributed by atoms with Crippen LogP contribution in [0.2, 0.25) is 0 Å². The van der Waals surface area contributed by atoms with Crippen LogP contribution in [0.4, 0.5) is 0 Å². The van der Waals surface area contributed by atoms with Gasteiger partial charge >= 0.3 is 0 Å². The van der Waals surface area contributed by atoms with Gasteiger partial charge in [-0.1, -0.05) is 92.0 Å². The van der Waals surface area contributed by atoms with Crippen molar-refractivity contribution < 1.29 is 10.4 Å². The Kier molecular flexibility index (Phi) is 9.76. The summed E-state index contributed by atoms with van der Waals surface area (Å²) < 4.78 is 0. The fraction of sp³-hybridized carbons (Fsp3) is 0.579. The topological polar surface area (TPSA) is 65.2 Å². The van der Waals surface area contributed by atoms with E-state index in [1.165, 1.54) is 38.5 Å². The lowest BCUT2D eigenvalue weighted by molar-refractivity contribution is 0.313. The second-order valence-corrected chi connectivity index (χ2v) is 6.09. The summed E-state index contributed by atoms with van der Waals surface area (Å²) in [6, 6.07) is 7.66. The molecule has 4 heteroatoms. The highest BCUT2D eigenvalue weighted by Crippen LogP contribution is 2.13. The van der Waals surface area contributed by atoms with Gasteiger partial charge in [0, 0.05) is 5.56 Å². The number of unbranched alkanes of at least 4 members (excludes halogenated alkanes) is 7. The number of rotatable bonds is 11. The largest absolute Gasteiger partial charge is 0.411 e. The third-order valence-corrected chi connectivity index (χ3v) is 4.09. The van der Waals surface area contributed by atoms with Crippen molar-refractivity contribution in [1.82, 2.24) is 0 Å². The summed E-state index contributed by atoms with van der Waals surface area (Å²) in [6.07, 6.45) is 10.4. The van der Waals surface area contributed by atoms with Gasteiger partial charge in [-0.3, -0.25) is 0 Å². The van der Waals surface area contributed by atoms with Crippen molar-refractivity contribution in [1.29, 1.82) is 0 Å². The lowest BCUT2D eigenvalue weighted by atomic mass is 9.99. The van der Waals surface area contributed by atoms with E-state index in [9.17, 15) is 10.4 Å². The first-order chi connectivity index (χ1) is 11.2. The first-order valence-electron chi connectivity index (χ1n) is 8.73. The number of benzene rings is 1. The van der Waals surface area contributed by atoms with Gasteiger partial charge in [0.1, 0.15) is 11.4 Å². The standard InChI is InChI=1S/C19H30N2O2/c1-3-4-5-6-7-8-9-10-11-18(20-22)19(21-23)17-14-12-16(2)13-15-17/h12-15,22-23H,3-11H2,1-2H3/b20-18+,21-19-. The number of hydrogen-bond acceptors (Lipinski definition) is 4. The quantitative estimate of drug-likeness (QED) is 0.244. The Morgan fingerprint density at radius 3 is 1.91 bits per heavy atom. The zero-order valence-corrected chi connectivity index (χ0v) is 14.5. The van der Waals surface area contributed by atoms with Crippen molar-refractivity contribution in [2.75, 3.05) is 0 Å². The molecular formula is C19H30N2O2. The van der Waals surface area contributed by atoms with Crippen molar-refractivity contribution >= 4 is 11.4 Å². The van der Waals surface area contributed by atoms with Gasteiger partial charge in [0.05, 0.1) is 0 Å². The van der Waals surface area contributed by atoms with Crippen molar-refractivity contribution in [3.8, 4) is 0 Å². The zero-order valence-electron chi connectivity index (χ0n) is 14.5. The van der Waals surface area contributed by atoms with Crippen LogP contribution in [0.5, 0.6) is 0 Å². The van der Waals surface area contributed by atoms with Crippen LogP contribution in [0.15, 0.2) is 34.6 Å². The van der Waals surface area contributed by atoms with Crippen molar-refractivity contribution in [2.45, 2.75) is 71.6 Å². The van der Waals surface area contributed by atoms with Gasteiger partial charge < -0.3 is 10.4 Å². The maximum Gasteiger partial charge on any atom is 0.134 e. The molecule has 0 heterocycles. The van der Waals surface area contributed by atoms with Crippen LogP contribution >= 0.6 is 0 Å². The highest BCUT2D eigenvalue weighted by molar-refractivity contribution is 6.48. The normalized spacial score (nSPS) is 12.6. The van der Waals surface area contributed by atoms with E-state index in [-0.39, 0.29) is 0 Å². The minimum Gasteiger partial charge on any atom is -0.411 e. The van der Waals surface area contributed by atoms with Gasteiger partial charge in [-0.15, -0.1) is 0 Å². The van der Waals surface area contributed by atoms with Crippen LogP contribution < -0.4 is 0 Å². The summed E-state index contributed by atoms with van der Waals surface area (Å²) in [4.78, 5) is 0. The van der Waals surface area contributed by atoms with E-state index >= 15 is 0 Å². The molecule has 1 aromatic rings. The Morgan fingerprint density at radius 2 is 1.39 bits per heavy atom. The summed E-state index contributed by atoms with van der Waals surface area (Å²) >= 11 is 0. The van der Waals surface area contributed by atoms with Crippen molar-refractivity contribution in [2.24, 2.45) is 10.3 Å². The predicted octanol–water partition coefficient (Wildman–Crippen LogP) is 5.53. The van der Waals surface area contributed by atoms with E-state index in [1.54, 1.807) is 0 Å². The summed E-state index contributed by atoms with van der Waals surface area (Å²) in [5, 5.41) is 25.2. The SMILES string of the molecule is CCCCCCCCCCC(=N\O)/C(=N\O)c1ccc(C)cc1. The molecule has 1 rings (SSSR count). The highest BCUT2D eigenvalue weighted by atomic mass is 16.4. The van der Waals surface area contributed by atoms with E-state index in [2.05, 4.69) is 17.2 Å². The zero-order chi connectivity index (χ0) is 16.9. The number of hydrogen-bond donors (Lipinski definition) is 2. The van der Waals surface area contributed by atoms with Crippen molar-refractivity contribution in [3.63, 3.8) is 0 Å². The Hall–Kier alpha value is -1.84. The summed E-state index contributed by atoms with van der Waals surface area (Å²) in [5.74, 6) is 0. The molecule has 0 spiro atoms. The first-order valence-corrected chi connectivity index (χ1v) is 8.73. The van der Waals surface area contributed by atoms with E-state index in [0.717, 1.165) is 24.0 Å². The van der Waals surface area contributed by atoms with Gasteiger partial charge in [0.25, 0.3) is 0 Å². The van der Waals surface area contributed by atoms with E-state index < -0.39 is 0 Å². The van der Waals surface area contributed by atoms with Crippen LogP contribution in [-0.4, -0.2) is 21.8 Å². The molecule has 128 valence electrons. The minimum atomic E-state index is 0.357. The van der Waals surface area contributed by atoms with E-state index in [4.69, 9.17) is 0 Å². The Balaban J connectivity index is 2.39. The fourth-order valence-corrected chi connectivity index (χ4v) is 2.64. The van der Waals surface area contributed by atoms with Crippen molar-refractivity contribution in [3.05, 3.63) is 35.4 Å². The number of aryl methyl sites for hydroxylation is 1. The van der Waals surface area contributed by atoms with E-state index in [1.807, 2.05) is 31.2 Å². The smallest absolute Gasteiger partial charge is 0.134 e. The Bertz CT molecular complexity index is 493. The number of nitrogens with zero attached hydrogens (tertiary/aromatic N) is 2. The monoisotopic (exact) mass is 318 g/mol. The van der Waals surface area contributed by atoms with Gasteiger partial charge in [-0.25, -0.2) is 0 Å². The molecule has 0 bridgehead atoms. The maximum atomic E-state index is 9.27. The molecule has 0 saturated heterocycles. The molecule has 0 aromatic heterocycles. The van der Waals surface area contributed by atoms with Crippen LogP contribution in [0.25, 0.3) is 0 Å². The van der Waals surface area contributed by atoms with Crippen LogP contribution in [0.3, 0.4) is 0 Å². The van der Waals surface area contributed by atoms with Crippen LogP contribution in [0.1, 0.15) is 75.8 Å². The second-order valence-electron chi connectivity index (χ2n) is 6.09. The van der Waals surface area contributed by atoms with Gasteiger partial charge in [-0.05, 0) is 19.8 Å². The lowest BCUT2D eigenvalue weighted by Gasteiger charge is -2.08. The fourth-order valence-electron chi connectivity index (χ4n) is 2.64. The molecule has 0 saturated carbocycles. The molecule has 1 aromatic carbocycles.